The van der Waals surface area contributed by atoms with Gasteiger partial charge in [0.25, 0.3) is 5.91 Å². The van der Waals surface area contributed by atoms with Crippen LogP contribution in [-0.2, 0) is 23.4 Å². The summed E-state index contributed by atoms with van der Waals surface area (Å²) in [6.45, 7) is 2.38. The van der Waals surface area contributed by atoms with Crippen molar-refractivity contribution in [3.8, 4) is 6.07 Å². The lowest BCUT2D eigenvalue weighted by Gasteiger charge is -2.24. The van der Waals surface area contributed by atoms with Crippen LogP contribution in [0.2, 0.25) is 0 Å². The zero-order valence-corrected chi connectivity index (χ0v) is 18.0. The maximum atomic E-state index is 13.5. The van der Waals surface area contributed by atoms with Gasteiger partial charge in [-0.1, -0.05) is 54.6 Å². The highest BCUT2D eigenvalue weighted by Gasteiger charge is 2.49. The molecule has 3 amide bonds. The molecule has 0 aliphatic carbocycles. The maximum absolute atomic E-state index is 13.5. The molecular weight excluding hydrogens is 414 g/mol. The summed E-state index contributed by atoms with van der Waals surface area (Å²) >= 11 is 0. The van der Waals surface area contributed by atoms with Crippen LogP contribution in [0.4, 0.5) is 4.79 Å². The van der Waals surface area contributed by atoms with E-state index in [1.54, 1.807) is 31.6 Å². The Morgan fingerprint density at radius 3 is 2.55 bits per heavy atom. The molecule has 0 saturated carbocycles. The number of imidazole rings is 1. The zero-order valence-electron chi connectivity index (χ0n) is 18.0. The molecule has 5 rings (SSSR count). The van der Waals surface area contributed by atoms with Crippen molar-refractivity contribution in [1.82, 2.24) is 19.8 Å². The molecular formula is C26H21N5O2. The summed E-state index contributed by atoms with van der Waals surface area (Å²) < 4.78 is 1.90. The highest BCUT2D eigenvalue weighted by Crippen LogP contribution is 2.34. The van der Waals surface area contributed by atoms with Crippen LogP contribution in [0.3, 0.4) is 0 Å². The summed E-state index contributed by atoms with van der Waals surface area (Å²) in [5.74, 6) is -0.296. The molecule has 1 aromatic heterocycles. The Labute approximate surface area is 190 Å². The summed E-state index contributed by atoms with van der Waals surface area (Å²) in [6.07, 6.45) is 3.34. The lowest BCUT2D eigenvalue weighted by atomic mass is 9.88. The van der Waals surface area contributed by atoms with Crippen molar-refractivity contribution in [2.75, 3.05) is 0 Å². The summed E-state index contributed by atoms with van der Waals surface area (Å²) in [4.78, 5) is 31.9. The maximum Gasteiger partial charge on any atom is 0.325 e. The van der Waals surface area contributed by atoms with E-state index in [9.17, 15) is 9.59 Å². The second kappa shape index (κ2) is 7.92. The van der Waals surface area contributed by atoms with Gasteiger partial charge in [-0.25, -0.2) is 9.78 Å². The van der Waals surface area contributed by atoms with Crippen molar-refractivity contribution in [3.05, 3.63) is 102 Å². The smallest absolute Gasteiger partial charge is 0.325 e. The largest absolute Gasteiger partial charge is 0.328 e. The highest BCUT2D eigenvalue weighted by molar-refractivity contribution is 6.09. The highest BCUT2D eigenvalue weighted by atomic mass is 16.2. The number of carbonyl (C=O) groups is 2. The van der Waals surface area contributed by atoms with Crippen LogP contribution in [-0.4, -0.2) is 26.4 Å². The van der Waals surface area contributed by atoms with E-state index in [2.05, 4.69) is 16.4 Å². The topological polar surface area (TPSA) is 91.0 Å². The quantitative estimate of drug-likeness (QED) is 0.481. The Hall–Kier alpha value is -4.44. The molecule has 3 aromatic carbocycles. The van der Waals surface area contributed by atoms with Gasteiger partial charge in [0.15, 0.2) is 0 Å². The van der Waals surface area contributed by atoms with E-state index in [0.717, 1.165) is 27.6 Å². The molecule has 1 aliphatic heterocycles. The molecule has 0 radical (unpaired) electrons. The number of benzene rings is 3. The Morgan fingerprint density at radius 2 is 1.76 bits per heavy atom. The van der Waals surface area contributed by atoms with Crippen molar-refractivity contribution in [2.24, 2.45) is 0 Å². The molecule has 162 valence electrons. The number of amides is 3. The monoisotopic (exact) mass is 435 g/mol. The Kier molecular flexibility index (Phi) is 4.91. The number of nitrogens with one attached hydrogen (secondary N) is 1. The first-order chi connectivity index (χ1) is 16.0. The molecule has 1 fully saturated rings. The van der Waals surface area contributed by atoms with Crippen LogP contribution in [0.25, 0.3) is 10.8 Å². The van der Waals surface area contributed by atoms with E-state index in [4.69, 9.17) is 5.26 Å². The molecule has 1 atom stereocenters. The average molecular weight is 435 g/mol. The van der Waals surface area contributed by atoms with Gasteiger partial charge in [-0.3, -0.25) is 9.69 Å². The normalized spacial score (nSPS) is 17.9. The number of rotatable bonds is 5. The van der Waals surface area contributed by atoms with E-state index >= 15 is 0 Å². The third kappa shape index (κ3) is 3.52. The number of fused-ring (bicyclic) bond motifs is 1. The summed E-state index contributed by atoms with van der Waals surface area (Å²) in [5.41, 5.74) is 1.94. The van der Waals surface area contributed by atoms with Gasteiger partial charge < -0.3 is 9.88 Å². The molecule has 1 aliphatic rings. The van der Waals surface area contributed by atoms with Gasteiger partial charge in [-0.15, -0.1) is 0 Å². The molecule has 2 heterocycles. The summed E-state index contributed by atoms with van der Waals surface area (Å²) in [5, 5.41) is 13.8. The Bertz CT molecular complexity index is 1410. The van der Waals surface area contributed by atoms with Gasteiger partial charge in [0.2, 0.25) is 0 Å². The Morgan fingerprint density at radius 1 is 1.00 bits per heavy atom. The fourth-order valence-electron chi connectivity index (χ4n) is 4.35. The minimum Gasteiger partial charge on any atom is -0.328 e. The van der Waals surface area contributed by atoms with Crippen LogP contribution in [0.1, 0.15) is 29.3 Å². The van der Waals surface area contributed by atoms with E-state index in [0.29, 0.717) is 12.1 Å². The number of urea groups is 1. The van der Waals surface area contributed by atoms with E-state index in [1.807, 2.05) is 59.2 Å². The van der Waals surface area contributed by atoms with Crippen molar-refractivity contribution < 1.29 is 9.59 Å². The number of aromatic nitrogens is 2. The van der Waals surface area contributed by atoms with Gasteiger partial charge in [0.05, 0.1) is 30.2 Å². The molecule has 1 N–H and O–H groups in total. The summed E-state index contributed by atoms with van der Waals surface area (Å²) in [7, 11) is 0. The number of hydrogen-bond donors (Lipinski definition) is 1. The second-order valence-corrected chi connectivity index (χ2v) is 8.29. The van der Waals surface area contributed by atoms with Crippen LogP contribution in [0, 0.1) is 11.3 Å². The van der Waals surface area contributed by atoms with Gasteiger partial charge in [-0.05, 0) is 41.0 Å². The fraction of sp³-hybridized carbons (Fsp3) is 0.154. The van der Waals surface area contributed by atoms with Crippen LogP contribution in [0.5, 0.6) is 0 Å². The second-order valence-electron chi connectivity index (χ2n) is 8.29. The third-order valence-electron chi connectivity index (χ3n) is 6.16. The standard InChI is InChI=1S/C26H21N5O2/c1-26(23-8-4-6-20-5-2-3-7-22(20)23)24(32)31(25(33)29-26)16-21-14-28-17-30(21)15-19-11-9-18(13-27)10-12-19/h2-12,14,17H,15-16H2,1H3,(H,29,33). The minimum absolute atomic E-state index is 0.112. The van der Waals surface area contributed by atoms with Crippen LogP contribution >= 0.6 is 0 Å². The number of nitrogens with zero attached hydrogens (tertiary/aromatic N) is 4. The first kappa shape index (κ1) is 20.5. The van der Waals surface area contributed by atoms with E-state index < -0.39 is 11.6 Å². The van der Waals surface area contributed by atoms with E-state index in [-0.39, 0.29) is 12.5 Å². The average Bonchev–Trinajstić information content (AvgIpc) is 3.36. The van der Waals surface area contributed by atoms with Crippen molar-refractivity contribution in [3.63, 3.8) is 0 Å². The predicted molar refractivity (Wildman–Crippen MR) is 123 cm³/mol. The number of hydrogen-bond acceptors (Lipinski definition) is 4. The lowest BCUT2D eigenvalue weighted by molar-refractivity contribution is -0.131. The predicted octanol–water partition coefficient (Wildman–Crippen LogP) is 3.92. The van der Waals surface area contributed by atoms with Crippen LogP contribution in [0.15, 0.2) is 79.3 Å². The van der Waals surface area contributed by atoms with Crippen molar-refractivity contribution in [1.29, 1.82) is 5.26 Å². The van der Waals surface area contributed by atoms with E-state index in [1.165, 1.54) is 4.90 Å². The zero-order chi connectivity index (χ0) is 23.0. The molecule has 7 nitrogen and oxygen atoms in total. The molecule has 7 heteroatoms. The molecule has 0 spiro atoms. The lowest BCUT2D eigenvalue weighted by Crippen LogP contribution is -2.41. The Balaban J connectivity index is 1.42. The van der Waals surface area contributed by atoms with Gasteiger partial charge in [0.1, 0.15) is 5.54 Å². The molecule has 4 aromatic rings. The van der Waals surface area contributed by atoms with Gasteiger partial charge in [-0.2, -0.15) is 5.26 Å². The molecule has 0 bridgehead atoms. The first-order valence-corrected chi connectivity index (χ1v) is 10.6. The number of carbonyl (C=O) groups excluding carboxylic acids is 2. The van der Waals surface area contributed by atoms with Crippen LogP contribution < -0.4 is 5.32 Å². The minimum atomic E-state index is -1.16. The fourth-order valence-corrected chi connectivity index (χ4v) is 4.35. The number of nitriles is 1. The van der Waals surface area contributed by atoms with Crippen molar-refractivity contribution >= 4 is 22.7 Å². The summed E-state index contributed by atoms with van der Waals surface area (Å²) in [6, 6.07) is 22.6. The number of imide groups is 1. The molecule has 33 heavy (non-hydrogen) atoms. The van der Waals surface area contributed by atoms with Gasteiger partial charge in [0, 0.05) is 12.7 Å². The van der Waals surface area contributed by atoms with Gasteiger partial charge >= 0.3 is 6.03 Å². The first-order valence-electron chi connectivity index (χ1n) is 10.6. The third-order valence-corrected chi connectivity index (χ3v) is 6.16. The SMILES string of the molecule is CC1(c2cccc3ccccc23)NC(=O)N(Cc2cncn2Cc2ccc(C#N)cc2)C1=O. The molecule has 1 unspecified atom stereocenters. The molecule has 1 saturated heterocycles. The van der Waals surface area contributed by atoms with Crippen molar-refractivity contribution in [2.45, 2.75) is 25.6 Å².